The highest BCUT2D eigenvalue weighted by Crippen LogP contribution is 2.34. The highest BCUT2D eigenvalue weighted by Gasteiger charge is 2.33. The van der Waals surface area contributed by atoms with Gasteiger partial charge in [-0.1, -0.05) is 0 Å². The van der Waals surface area contributed by atoms with Crippen molar-refractivity contribution in [3.05, 3.63) is 57.8 Å². The number of hydrogen-bond acceptors (Lipinski definition) is 7. The van der Waals surface area contributed by atoms with Crippen molar-refractivity contribution in [1.29, 1.82) is 0 Å². The summed E-state index contributed by atoms with van der Waals surface area (Å²) in [6.45, 7) is -0.792. The van der Waals surface area contributed by atoms with Crippen LogP contribution in [0.25, 0.3) is 0 Å². The van der Waals surface area contributed by atoms with Crippen molar-refractivity contribution in [2.75, 3.05) is 18.2 Å². The number of ether oxygens (including phenoxy) is 1. The van der Waals surface area contributed by atoms with Gasteiger partial charge in [0.15, 0.2) is 6.61 Å². The lowest BCUT2D eigenvalue weighted by Gasteiger charge is -2.10. The van der Waals surface area contributed by atoms with Gasteiger partial charge in [-0.25, -0.2) is 9.78 Å². The molecule has 0 saturated heterocycles. The molecule has 1 amide bonds. The van der Waals surface area contributed by atoms with E-state index in [-0.39, 0.29) is 5.56 Å². The van der Waals surface area contributed by atoms with Gasteiger partial charge in [-0.05, 0) is 30.5 Å². The minimum atomic E-state index is -4.78. The van der Waals surface area contributed by atoms with Crippen LogP contribution in [-0.2, 0) is 15.7 Å². The van der Waals surface area contributed by atoms with Gasteiger partial charge in [-0.15, -0.1) is 11.8 Å². The largest absolute Gasteiger partial charge is 0.452 e. The van der Waals surface area contributed by atoms with Gasteiger partial charge < -0.3 is 10.1 Å². The summed E-state index contributed by atoms with van der Waals surface area (Å²) in [6, 6.07) is 4.60. The van der Waals surface area contributed by atoms with E-state index in [1.807, 2.05) is 0 Å². The van der Waals surface area contributed by atoms with E-state index in [9.17, 15) is 32.9 Å². The number of pyridine rings is 1. The third kappa shape index (κ3) is 5.19. The zero-order valence-corrected chi connectivity index (χ0v) is 15.0. The Kier molecular flexibility index (Phi) is 6.57. The summed E-state index contributed by atoms with van der Waals surface area (Å²) in [6.07, 6.45) is -1.61. The van der Waals surface area contributed by atoms with Crippen molar-refractivity contribution in [3.8, 4) is 0 Å². The zero-order chi connectivity index (χ0) is 20.9. The Bertz CT molecular complexity index is 921. The van der Waals surface area contributed by atoms with Crippen LogP contribution in [0.4, 0.5) is 24.5 Å². The summed E-state index contributed by atoms with van der Waals surface area (Å²) in [5.41, 5.74) is -2.50. The molecule has 1 N–H and O–H groups in total. The Morgan fingerprint density at radius 3 is 2.64 bits per heavy atom. The van der Waals surface area contributed by atoms with Crippen LogP contribution in [0.2, 0.25) is 0 Å². The predicted molar refractivity (Wildman–Crippen MR) is 93.0 cm³/mol. The SMILES string of the molecule is CSc1ncccc1C(=O)OCC(=O)Nc1ccc(C(F)(F)F)cc1[N+](=O)[O-]. The van der Waals surface area contributed by atoms with Gasteiger partial charge in [0, 0.05) is 12.3 Å². The number of rotatable bonds is 6. The second-order valence-electron chi connectivity index (χ2n) is 5.17. The molecule has 0 atom stereocenters. The average molecular weight is 415 g/mol. The van der Waals surface area contributed by atoms with Gasteiger partial charge in [-0.2, -0.15) is 13.2 Å². The summed E-state index contributed by atoms with van der Waals surface area (Å²) in [5, 5.41) is 13.4. The van der Waals surface area contributed by atoms with Crippen LogP contribution in [0.1, 0.15) is 15.9 Å². The maximum atomic E-state index is 12.7. The number of carbonyl (C=O) groups is 2. The highest BCUT2D eigenvalue weighted by molar-refractivity contribution is 7.98. The topological polar surface area (TPSA) is 111 Å². The molecule has 12 heteroatoms. The molecule has 0 aliphatic rings. The fourth-order valence-electron chi connectivity index (χ4n) is 2.07. The first kappa shape index (κ1) is 21.2. The first-order chi connectivity index (χ1) is 13.1. The maximum Gasteiger partial charge on any atom is 0.416 e. The molecule has 1 aromatic heterocycles. The lowest BCUT2D eigenvalue weighted by Crippen LogP contribution is -2.22. The van der Waals surface area contributed by atoms with E-state index >= 15 is 0 Å². The number of nitrogens with zero attached hydrogens (tertiary/aromatic N) is 2. The molecule has 0 aliphatic heterocycles. The molecule has 148 valence electrons. The van der Waals surface area contributed by atoms with Gasteiger partial charge >= 0.3 is 12.1 Å². The normalized spacial score (nSPS) is 11.0. The van der Waals surface area contributed by atoms with Crippen molar-refractivity contribution >= 4 is 35.0 Å². The molecule has 2 aromatic rings. The first-order valence-electron chi connectivity index (χ1n) is 7.45. The Hall–Kier alpha value is -3.15. The Morgan fingerprint density at radius 1 is 1.32 bits per heavy atom. The number of aromatic nitrogens is 1. The number of nitro groups is 1. The van der Waals surface area contributed by atoms with Crippen molar-refractivity contribution in [2.45, 2.75) is 11.2 Å². The van der Waals surface area contributed by atoms with E-state index in [1.165, 1.54) is 30.1 Å². The maximum absolute atomic E-state index is 12.7. The predicted octanol–water partition coefficient (Wildman–Crippen LogP) is 3.53. The summed E-state index contributed by atoms with van der Waals surface area (Å²) < 4.78 is 42.9. The van der Waals surface area contributed by atoms with Crippen molar-refractivity contribution < 1.29 is 32.4 Å². The summed E-state index contributed by atoms with van der Waals surface area (Å²) in [7, 11) is 0. The van der Waals surface area contributed by atoms with E-state index < -0.39 is 46.5 Å². The van der Waals surface area contributed by atoms with Crippen molar-refractivity contribution in [3.63, 3.8) is 0 Å². The quantitative estimate of drug-likeness (QED) is 0.332. The van der Waals surface area contributed by atoms with Crippen LogP contribution in [-0.4, -0.2) is 34.6 Å². The third-order valence-corrected chi connectivity index (χ3v) is 4.03. The second kappa shape index (κ2) is 8.69. The summed E-state index contributed by atoms with van der Waals surface area (Å²) in [5.74, 6) is -1.79. The molecule has 8 nitrogen and oxygen atoms in total. The Balaban J connectivity index is 2.09. The molecule has 2 rings (SSSR count). The van der Waals surface area contributed by atoms with Crippen LogP contribution in [0.15, 0.2) is 41.6 Å². The summed E-state index contributed by atoms with van der Waals surface area (Å²) >= 11 is 1.19. The average Bonchev–Trinajstić information content (AvgIpc) is 2.65. The van der Waals surface area contributed by atoms with Crippen molar-refractivity contribution in [2.24, 2.45) is 0 Å². The molecule has 0 aliphatic carbocycles. The molecule has 28 heavy (non-hydrogen) atoms. The number of thioether (sulfide) groups is 1. The number of alkyl halides is 3. The monoisotopic (exact) mass is 415 g/mol. The highest BCUT2D eigenvalue weighted by atomic mass is 32.2. The molecule has 0 radical (unpaired) electrons. The molecular weight excluding hydrogens is 403 g/mol. The number of benzene rings is 1. The van der Waals surface area contributed by atoms with Gasteiger partial charge in [0.2, 0.25) is 0 Å². The Labute approximate surface area is 160 Å². The number of anilines is 1. The lowest BCUT2D eigenvalue weighted by molar-refractivity contribution is -0.384. The molecule has 0 unspecified atom stereocenters. The minimum Gasteiger partial charge on any atom is -0.452 e. The minimum absolute atomic E-state index is 0.128. The van der Waals surface area contributed by atoms with E-state index in [1.54, 1.807) is 6.26 Å². The van der Waals surface area contributed by atoms with Crippen molar-refractivity contribution in [1.82, 2.24) is 4.98 Å². The molecule has 0 fully saturated rings. The smallest absolute Gasteiger partial charge is 0.416 e. The van der Waals surface area contributed by atoms with Crippen LogP contribution in [0, 0.1) is 10.1 Å². The van der Waals surface area contributed by atoms with Crippen LogP contribution >= 0.6 is 11.8 Å². The Morgan fingerprint density at radius 2 is 2.04 bits per heavy atom. The van der Waals surface area contributed by atoms with Crippen LogP contribution in [0.5, 0.6) is 0 Å². The molecule has 0 spiro atoms. The number of halogens is 3. The second-order valence-corrected chi connectivity index (χ2v) is 5.97. The number of carbonyl (C=O) groups excluding carboxylic acids is 2. The molecule has 1 aromatic carbocycles. The first-order valence-corrected chi connectivity index (χ1v) is 8.67. The van der Waals surface area contributed by atoms with Gasteiger partial charge in [0.25, 0.3) is 11.6 Å². The number of esters is 1. The van der Waals surface area contributed by atoms with Gasteiger partial charge in [0.05, 0.1) is 16.1 Å². The van der Waals surface area contributed by atoms with Gasteiger partial charge in [0.1, 0.15) is 10.7 Å². The number of hydrogen-bond donors (Lipinski definition) is 1. The number of nitro benzene ring substituents is 1. The van der Waals surface area contributed by atoms with Crippen LogP contribution < -0.4 is 5.32 Å². The van der Waals surface area contributed by atoms with E-state index in [0.717, 1.165) is 6.07 Å². The number of nitrogens with one attached hydrogen (secondary N) is 1. The summed E-state index contributed by atoms with van der Waals surface area (Å²) in [4.78, 5) is 37.8. The van der Waals surface area contributed by atoms with E-state index in [2.05, 4.69) is 10.3 Å². The zero-order valence-electron chi connectivity index (χ0n) is 14.1. The standard InChI is InChI=1S/C16H12F3N3O5S/c1-28-14-10(3-2-6-20-14)15(24)27-8-13(23)21-11-5-4-9(16(17,18)19)7-12(11)22(25)26/h2-7H,8H2,1H3,(H,21,23). The van der Waals surface area contributed by atoms with E-state index in [4.69, 9.17) is 4.74 Å². The van der Waals surface area contributed by atoms with Crippen LogP contribution in [0.3, 0.4) is 0 Å². The fraction of sp³-hybridized carbons (Fsp3) is 0.188. The fourth-order valence-corrected chi connectivity index (χ4v) is 2.61. The third-order valence-electron chi connectivity index (χ3n) is 3.31. The molecule has 0 saturated carbocycles. The molecule has 1 heterocycles. The molecule has 0 bridgehead atoms. The molecular formula is C16H12F3N3O5S. The van der Waals surface area contributed by atoms with Gasteiger partial charge in [-0.3, -0.25) is 14.9 Å². The lowest BCUT2D eigenvalue weighted by atomic mass is 10.1. The number of amides is 1. The van der Waals surface area contributed by atoms with E-state index in [0.29, 0.717) is 17.2 Å².